The molecule has 0 bridgehead atoms. The number of allylic oxidation sites excluding steroid dienone is 1. The molecule has 0 aromatic heterocycles. The fraction of sp³-hybridized carbons (Fsp3) is 0.500. The third-order valence-electron chi connectivity index (χ3n) is 7.27. The Balaban J connectivity index is 1.93. The second-order valence-corrected chi connectivity index (χ2v) is 9.09. The molecule has 5 heteroatoms. The molecule has 5 nitrogen and oxygen atoms in total. The number of fused-ring (bicyclic) bond motifs is 1. The minimum absolute atomic E-state index is 0.119. The highest BCUT2D eigenvalue weighted by Gasteiger charge is 2.57. The Morgan fingerprint density at radius 3 is 2.61 bits per heavy atom. The molecule has 0 radical (unpaired) electrons. The van der Waals surface area contributed by atoms with Crippen molar-refractivity contribution in [2.24, 2.45) is 23.2 Å². The third kappa shape index (κ3) is 4.65. The van der Waals surface area contributed by atoms with E-state index < -0.39 is 6.10 Å². The highest BCUT2D eigenvalue weighted by Crippen LogP contribution is 2.59. The van der Waals surface area contributed by atoms with Crippen LogP contribution in [0.5, 0.6) is 0 Å². The number of hydrogen-bond acceptors (Lipinski definition) is 5. The molecule has 1 aromatic carbocycles. The zero-order valence-corrected chi connectivity index (χ0v) is 18.5. The zero-order valence-electron chi connectivity index (χ0n) is 18.5. The molecule has 2 aliphatic carbocycles. The summed E-state index contributed by atoms with van der Waals surface area (Å²) in [5.74, 6) is -1.01. The van der Waals surface area contributed by atoms with Crippen LogP contribution in [0.25, 0.3) is 0 Å². The van der Waals surface area contributed by atoms with Gasteiger partial charge in [-0.15, -0.1) is 0 Å². The average molecular weight is 425 g/mol. The van der Waals surface area contributed by atoms with Crippen molar-refractivity contribution in [1.82, 2.24) is 0 Å². The number of methoxy groups -OCH3 is 1. The van der Waals surface area contributed by atoms with E-state index in [1.165, 1.54) is 7.11 Å². The summed E-state index contributed by atoms with van der Waals surface area (Å²) in [5, 5.41) is 0. The van der Waals surface area contributed by atoms with Crippen molar-refractivity contribution in [3.63, 3.8) is 0 Å². The van der Waals surface area contributed by atoms with Crippen LogP contribution in [-0.4, -0.2) is 31.4 Å². The van der Waals surface area contributed by atoms with Crippen molar-refractivity contribution in [1.29, 1.82) is 0 Å². The van der Waals surface area contributed by atoms with E-state index in [1.807, 2.05) is 6.07 Å². The zero-order chi connectivity index (χ0) is 22.6. The van der Waals surface area contributed by atoms with Crippen molar-refractivity contribution in [2.75, 3.05) is 7.11 Å². The SMILES string of the molecule is C=C(C=O)CCC1C(=C)CC(OC(=O)c2ccccc2)C2C(C(=O)OC)CCCC12C. The monoisotopic (exact) mass is 424 g/mol. The van der Waals surface area contributed by atoms with Crippen molar-refractivity contribution in [3.8, 4) is 0 Å². The maximum absolute atomic E-state index is 12.9. The molecule has 0 N–H and O–H groups in total. The van der Waals surface area contributed by atoms with E-state index >= 15 is 0 Å². The predicted octanol–water partition coefficient (Wildman–Crippen LogP) is 4.92. The van der Waals surface area contributed by atoms with Crippen LogP contribution >= 0.6 is 0 Å². The molecule has 5 unspecified atom stereocenters. The first kappa shape index (κ1) is 23.0. The highest BCUT2D eigenvalue weighted by molar-refractivity contribution is 5.89. The second kappa shape index (κ2) is 9.63. The minimum Gasteiger partial charge on any atom is -0.469 e. The van der Waals surface area contributed by atoms with E-state index in [0.717, 1.165) is 31.1 Å². The molecule has 0 amide bonds. The maximum atomic E-state index is 12.9. The number of carbonyl (C=O) groups excluding carboxylic acids is 3. The summed E-state index contributed by atoms with van der Waals surface area (Å²) in [6.45, 7) is 10.3. The van der Waals surface area contributed by atoms with Gasteiger partial charge in [-0.05, 0) is 54.7 Å². The number of ether oxygens (including phenoxy) is 2. The van der Waals surface area contributed by atoms with Gasteiger partial charge >= 0.3 is 11.9 Å². The van der Waals surface area contributed by atoms with Crippen LogP contribution in [0.3, 0.4) is 0 Å². The van der Waals surface area contributed by atoms with Crippen LogP contribution in [0.15, 0.2) is 54.6 Å². The van der Waals surface area contributed by atoms with Gasteiger partial charge in [0.05, 0.1) is 18.6 Å². The van der Waals surface area contributed by atoms with Crippen LogP contribution in [-0.2, 0) is 19.1 Å². The lowest BCUT2D eigenvalue weighted by Gasteiger charge is -2.56. The number of carbonyl (C=O) groups is 3. The number of hydrogen-bond donors (Lipinski definition) is 0. The minimum atomic E-state index is -0.444. The average Bonchev–Trinajstić information content (AvgIpc) is 2.77. The Hall–Kier alpha value is -2.69. The van der Waals surface area contributed by atoms with Crippen molar-refractivity contribution in [3.05, 3.63) is 60.2 Å². The summed E-state index contributed by atoms with van der Waals surface area (Å²) in [7, 11) is 1.41. The molecule has 31 heavy (non-hydrogen) atoms. The number of rotatable bonds is 7. The Morgan fingerprint density at radius 1 is 1.26 bits per heavy atom. The summed E-state index contributed by atoms with van der Waals surface area (Å²) in [6, 6.07) is 8.91. The second-order valence-electron chi connectivity index (χ2n) is 9.09. The smallest absolute Gasteiger partial charge is 0.338 e. The first-order chi connectivity index (χ1) is 14.8. The number of benzene rings is 1. The molecule has 0 spiro atoms. The quantitative estimate of drug-likeness (QED) is 0.269. The Bertz CT molecular complexity index is 858. The van der Waals surface area contributed by atoms with Gasteiger partial charge in [0.2, 0.25) is 0 Å². The molecule has 1 aromatic rings. The Labute approximate surface area is 184 Å². The van der Waals surface area contributed by atoms with Crippen molar-refractivity contribution in [2.45, 2.75) is 51.6 Å². The molecular weight excluding hydrogens is 392 g/mol. The largest absolute Gasteiger partial charge is 0.469 e. The molecule has 166 valence electrons. The van der Waals surface area contributed by atoms with E-state index in [-0.39, 0.29) is 35.1 Å². The molecule has 0 aliphatic heterocycles. The standard InChI is InChI=1S/C26H32O5/c1-17(16-27)12-13-21-18(2)15-22(31-24(28)19-9-6-5-7-10-19)23-20(25(29)30-4)11-8-14-26(21,23)3/h5-7,9-10,16,20-23H,1-2,8,11-15H2,3-4H3. The van der Waals surface area contributed by atoms with Crippen LogP contribution in [0.2, 0.25) is 0 Å². The topological polar surface area (TPSA) is 69.7 Å². The third-order valence-corrected chi connectivity index (χ3v) is 7.27. The summed E-state index contributed by atoms with van der Waals surface area (Å²) in [5.41, 5.74) is 1.78. The van der Waals surface area contributed by atoms with Crippen LogP contribution < -0.4 is 0 Å². The van der Waals surface area contributed by atoms with Crippen molar-refractivity contribution < 1.29 is 23.9 Å². The van der Waals surface area contributed by atoms with Crippen LogP contribution in [0, 0.1) is 23.2 Å². The van der Waals surface area contributed by atoms with Gasteiger partial charge in [-0.1, -0.05) is 50.3 Å². The predicted molar refractivity (Wildman–Crippen MR) is 118 cm³/mol. The van der Waals surface area contributed by atoms with Gasteiger partial charge in [-0.2, -0.15) is 0 Å². The van der Waals surface area contributed by atoms with Crippen molar-refractivity contribution >= 4 is 18.2 Å². The van der Waals surface area contributed by atoms with E-state index in [0.29, 0.717) is 30.4 Å². The first-order valence-corrected chi connectivity index (χ1v) is 11.0. The molecule has 2 saturated carbocycles. The van der Waals surface area contributed by atoms with Gasteiger partial charge in [-0.25, -0.2) is 4.79 Å². The molecule has 2 aliphatic rings. The molecular formula is C26H32O5. The van der Waals surface area contributed by atoms with Gasteiger partial charge in [0, 0.05) is 12.3 Å². The van der Waals surface area contributed by atoms with E-state index in [2.05, 4.69) is 20.1 Å². The van der Waals surface area contributed by atoms with E-state index in [9.17, 15) is 14.4 Å². The molecule has 0 heterocycles. The fourth-order valence-electron chi connectivity index (χ4n) is 5.83. The van der Waals surface area contributed by atoms with Gasteiger partial charge in [-0.3, -0.25) is 9.59 Å². The van der Waals surface area contributed by atoms with Gasteiger partial charge in [0.25, 0.3) is 0 Å². The van der Waals surface area contributed by atoms with Gasteiger partial charge in [0.15, 0.2) is 0 Å². The lowest BCUT2D eigenvalue weighted by molar-refractivity contribution is -0.162. The highest BCUT2D eigenvalue weighted by atomic mass is 16.5. The van der Waals surface area contributed by atoms with Crippen LogP contribution in [0.1, 0.15) is 55.8 Å². The molecule has 5 atom stereocenters. The number of esters is 2. The van der Waals surface area contributed by atoms with Gasteiger partial charge < -0.3 is 9.47 Å². The van der Waals surface area contributed by atoms with E-state index in [1.54, 1.807) is 24.3 Å². The maximum Gasteiger partial charge on any atom is 0.338 e. The number of aldehydes is 1. The fourth-order valence-corrected chi connectivity index (χ4v) is 5.83. The lowest BCUT2D eigenvalue weighted by Crippen LogP contribution is -2.55. The van der Waals surface area contributed by atoms with E-state index in [4.69, 9.17) is 9.47 Å². The summed E-state index contributed by atoms with van der Waals surface area (Å²) < 4.78 is 11.2. The first-order valence-electron chi connectivity index (χ1n) is 11.0. The lowest BCUT2D eigenvalue weighted by atomic mass is 9.49. The Kier molecular flexibility index (Phi) is 7.14. The summed E-state index contributed by atoms with van der Waals surface area (Å²) >= 11 is 0. The summed E-state index contributed by atoms with van der Waals surface area (Å²) in [4.78, 5) is 36.7. The normalized spacial score (nSPS) is 30.1. The molecule has 0 saturated heterocycles. The Morgan fingerprint density at radius 2 is 1.97 bits per heavy atom. The molecule has 3 rings (SSSR count). The molecule has 2 fully saturated rings. The van der Waals surface area contributed by atoms with Crippen LogP contribution in [0.4, 0.5) is 0 Å². The summed E-state index contributed by atoms with van der Waals surface area (Å²) in [6.07, 6.45) is 4.71. The van der Waals surface area contributed by atoms with Gasteiger partial charge in [0.1, 0.15) is 12.4 Å².